The van der Waals surface area contributed by atoms with Crippen molar-refractivity contribution in [1.82, 2.24) is 4.90 Å². The second-order valence-electron chi connectivity index (χ2n) is 4.01. The van der Waals surface area contributed by atoms with E-state index < -0.39 is 36.8 Å². The van der Waals surface area contributed by atoms with Gasteiger partial charge in [-0.05, 0) is 12.8 Å². The van der Waals surface area contributed by atoms with Gasteiger partial charge in [-0.3, -0.25) is 9.69 Å². The Morgan fingerprint density at radius 1 is 1.56 bits per heavy atom. The SMILES string of the molecule is CCC(C(=O)O)N1CCC(O)(C(F)(F)F)C1. The lowest BCUT2D eigenvalue weighted by molar-refractivity contribution is -0.254. The first-order valence-corrected chi connectivity index (χ1v) is 4.97. The van der Waals surface area contributed by atoms with E-state index in [0.717, 1.165) is 4.90 Å². The zero-order valence-electron chi connectivity index (χ0n) is 8.79. The average molecular weight is 241 g/mol. The van der Waals surface area contributed by atoms with Gasteiger partial charge in [-0.25, -0.2) is 0 Å². The second kappa shape index (κ2) is 4.21. The van der Waals surface area contributed by atoms with Gasteiger partial charge < -0.3 is 10.2 Å². The molecule has 0 radical (unpaired) electrons. The Morgan fingerprint density at radius 2 is 2.12 bits per heavy atom. The molecule has 0 aliphatic carbocycles. The average Bonchev–Trinajstić information content (AvgIpc) is 2.49. The number of likely N-dealkylation sites (tertiary alicyclic amines) is 1. The molecule has 1 heterocycles. The molecule has 0 aromatic rings. The van der Waals surface area contributed by atoms with E-state index in [1.54, 1.807) is 6.92 Å². The molecular formula is C9H14F3NO3. The molecular weight excluding hydrogens is 227 g/mol. The first kappa shape index (κ1) is 13.2. The van der Waals surface area contributed by atoms with Crippen LogP contribution in [0, 0.1) is 0 Å². The summed E-state index contributed by atoms with van der Waals surface area (Å²) >= 11 is 0. The van der Waals surface area contributed by atoms with Gasteiger partial charge in [-0.2, -0.15) is 13.2 Å². The highest BCUT2D eigenvalue weighted by atomic mass is 19.4. The minimum atomic E-state index is -4.71. The summed E-state index contributed by atoms with van der Waals surface area (Å²) in [4.78, 5) is 11.9. The Labute approximate surface area is 90.7 Å². The molecule has 16 heavy (non-hydrogen) atoms. The lowest BCUT2D eigenvalue weighted by Gasteiger charge is -2.28. The smallest absolute Gasteiger partial charge is 0.418 e. The molecule has 0 saturated carbocycles. The van der Waals surface area contributed by atoms with E-state index in [-0.39, 0.29) is 13.0 Å². The molecule has 0 bridgehead atoms. The molecule has 94 valence electrons. The topological polar surface area (TPSA) is 60.8 Å². The van der Waals surface area contributed by atoms with Crippen LogP contribution in [0.25, 0.3) is 0 Å². The summed E-state index contributed by atoms with van der Waals surface area (Å²) in [5.74, 6) is -1.16. The van der Waals surface area contributed by atoms with E-state index in [9.17, 15) is 23.1 Å². The third kappa shape index (κ3) is 2.30. The van der Waals surface area contributed by atoms with Crippen LogP contribution in [0.3, 0.4) is 0 Å². The number of carboxylic acid groups (broad SMARTS) is 1. The number of alkyl halides is 3. The monoisotopic (exact) mass is 241 g/mol. The predicted octanol–water partition coefficient (Wildman–Crippen LogP) is 0.849. The summed E-state index contributed by atoms with van der Waals surface area (Å²) in [5.41, 5.74) is -2.77. The third-order valence-electron chi connectivity index (χ3n) is 2.92. The molecule has 1 aliphatic heterocycles. The fraction of sp³-hybridized carbons (Fsp3) is 0.889. The van der Waals surface area contributed by atoms with E-state index in [4.69, 9.17) is 5.11 Å². The molecule has 4 nitrogen and oxygen atoms in total. The largest absolute Gasteiger partial charge is 0.480 e. The van der Waals surface area contributed by atoms with Crippen molar-refractivity contribution in [2.45, 2.75) is 37.6 Å². The number of halogens is 3. The number of carbonyl (C=O) groups is 1. The second-order valence-corrected chi connectivity index (χ2v) is 4.01. The molecule has 0 aromatic heterocycles. The lowest BCUT2D eigenvalue weighted by Crippen LogP contribution is -2.49. The zero-order chi connectivity index (χ0) is 12.6. The van der Waals surface area contributed by atoms with Crippen molar-refractivity contribution in [3.63, 3.8) is 0 Å². The molecule has 1 fully saturated rings. The maximum atomic E-state index is 12.5. The minimum absolute atomic E-state index is 0.0547. The van der Waals surface area contributed by atoms with Gasteiger partial charge in [-0.15, -0.1) is 0 Å². The van der Waals surface area contributed by atoms with Crippen molar-refractivity contribution in [2.75, 3.05) is 13.1 Å². The number of aliphatic carboxylic acids is 1. The van der Waals surface area contributed by atoms with Gasteiger partial charge in [0.25, 0.3) is 0 Å². The van der Waals surface area contributed by atoms with Gasteiger partial charge in [-0.1, -0.05) is 6.92 Å². The van der Waals surface area contributed by atoms with Crippen molar-refractivity contribution < 1.29 is 28.2 Å². The van der Waals surface area contributed by atoms with Crippen LogP contribution in [0.2, 0.25) is 0 Å². The molecule has 0 amide bonds. The van der Waals surface area contributed by atoms with Gasteiger partial charge in [0.2, 0.25) is 0 Å². The van der Waals surface area contributed by atoms with Gasteiger partial charge >= 0.3 is 12.1 Å². The standard InChI is InChI=1S/C9H14F3NO3/c1-2-6(7(14)15)13-4-3-8(16,5-13)9(10,11)12/h6,16H,2-5H2,1H3,(H,14,15). The maximum Gasteiger partial charge on any atom is 0.418 e. The fourth-order valence-corrected chi connectivity index (χ4v) is 1.91. The highest BCUT2D eigenvalue weighted by molar-refractivity contribution is 5.73. The molecule has 2 atom stereocenters. The quantitative estimate of drug-likeness (QED) is 0.769. The van der Waals surface area contributed by atoms with Gasteiger partial charge in [0.15, 0.2) is 5.60 Å². The summed E-state index contributed by atoms with van der Waals surface area (Å²) in [6, 6.07) is -0.962. The van der Waals surface area contributed by atoms with E-state index in [1.807, 2.05) is 0 Å². The van der Waals surface area contributed by atoms with Crippen molar-refractivity contribution in [1.29, 1.82) is 0 Å². The van der Waals surface area contributed by atoms with Crippen molar-refractivity contribution >= 4 is 5.97 Å². The van der Waals surface area contributed by atoms with Crippen molar-refractivity contribution in [3.8, 4) is 0 Å². The lowest BCUT2D eigenvalue weighted by atomic mass is 10.0. The normalized spacial score (nSPS) is 29.3. The number of carboxylic acids is 1. The van der Waals surface area contributed by atoms with Crippen LogP contribution in [-0.4, -0.2) is 52.0 Å². The van der Waals surface area contributed by atoms with E-state index in [0.29, 0.717) is 0 Å². The molecule has 2 unspecified atom stereocenters. The maximum absolute atomic E-state index is 12.5. The van der Waals surface area contributed by atoms with Crippen LogP contribution in [0.5, 0.6) is 0 Å². The van der Waals surface area contributed by atoms with Gasteiger partial charge in [0, 0.05) is 13.1 Å². The first-order chi connectivity index (χ1) is 7.21. The van der Waals surface area contributed by atoms with Crippen molar-refractivity contribution in [3.05, 3.63) is 0 Å². The minimum Gasteiger partial charge on any atom is -0.480 e. The van der Waals surface area contributed by atoms with Crippen LogP contribution < -0.4 is 0 Å². The van der Waals surface area contributed by atoms with Gasteiger partial charge in [0.1, 0.15) is 6.04 Å². The van der Waals surface area contributed by atoms with Crippen LogP contribution in [-0.2, 0) is 4.79 Å². The van der Waals surface area contributed by atoms with Crippen LogP contribution >= 0.6 is 0 Å². The van der Waals surface area contributed by atoms with E-state index in [1.165, 1.54) is 0 Å². The first-order valence-electron chi connectivity index (χ1n) is 4.97. The number of hydrogen-bond acceptors (Lipinski definition) is 3. The van der Waals surface area contributed by atoms with Gasteiger partial charge in [0.05, 0.1) is 0 Å². The Bertz CT molecular complexity index is 282. The Balaban J connectivity index is 2.75. The zero-order valence-corrected chi connectivity index (χ0v) is 8.79. The summed E-state index contributed by atoms with van der Waals surface area (Å²) in [7, 11) is 0. The molecule has 0 aromatic carbocycles. The Morgan fingerprint density at radius 3 is 2.44 bits per heavy atom. The van der Waals surface area contributed by atoms with Crippen LogP contribution in [0.15, 0.2) is 0 Å². The fourth-order valence-electron chi connectivity index (χ4n) is 1.91. The Hall–Kier alpha value is -0.820. The van der Waals surface area contributed by atoms with E-state index in [2.05, 4.69) is 0 Å². The summed E-state index contributed by atoms with van der Waals surface area (Å²) < 4.78 is 37.4. The van der Waals surface area contributed by atoms with E-state index >= 15 is 0 Å². The van der Waals surface area contributed by atoms with Crippen LogP contribution in [0.1, 0.15) is 19.8 Å². The number of β-amino-alcohol motifs (C(OH)–C–C–N with tert-alkyl or cyclic N) is 1. The number of nitrogens with zero attached hydrogens (tertiary/aromatic N) is 1. The molecule has 0 spiro atoms. The molecule has 1 aliphatic rings. The van der Waals surface area contributed by atoms with Crippen molar-refractivity contribution in [2.24, 2.45) is 0 Å². The number of rotatable bonds is 3. The number of aliphatic hydroxyl groups is 1. The number of hydrogen-bond donors (Lipinski definition) is 2. The molecule has 7 heteroatoms. The highest BCUT2D eigenvalue weighted by Crippen LogP contribution is 2.38. The molecule has 1 saturated heterocycles. The molecule has 1 rings (SSSR count). The highest BCUT2D eigenvalue weighted by Gasteiger charge is 2.58. The Kier molecular flexibility index (Phi) is 3.49. The summed E-state index contributed by atoms with van der Waals surface area (Å²) in [6.45, 7) is 0.867. The molecule has 2 N–H and O–H groups in total. The summed E-state index contributed by atoms with van der Waals surface area (Å²) in [5, 5.41) is 18.2. The summed E-state index contributed by atoms with van der Waals surface area (Å²) in [6.07, 6.45) is -4.97. The predicted molar refractivity (Wildman–Crippen MR) is 48.9 cm³/mol. The van der Waals surface area contributed by atoms with Crippen LogP contribution in [0.4, 0.5) is 13.2 Å². The third-order valence-corrected chi connectivity index (χ3v) is 2.92.